The maximum atomic E-state index is 6.02. The molecule has 0 aliphatic heterocycles. The van der Waals surface area contributed by atoms with Crippen LogP contribution in [0.4, 0.5) is 0 Å². The van der Waals surface area contributed by atoms with E-state index in [1.807, 2.05) is 24.3 Å². The van der Waals surface area contributed by atoms with Crippen LogP contribution >= 0.6 is 34.2 Å². The molecular weight excluding hydrogens is 286 g/mol. The van der Waals surface area contributed by atoms with Crippen molar-refractivity contribution in [2.75, 3.05) is 0 Å². The predicted molar refractivity (Wildman–Crippen MR) is 57.3 cm³/mol. The maximum Gasteiger partial charge on any atom is 0.143 e. The Kier molecular flexibility index (Phi) is 2.14. The second-order valence-corrected chi connectivity index (χ2v) is 3.72. The SMILES string of the molecule is Clc1c(I)nnc2ccccc12. The molecule has 0 N–H and O–H groups in total. The average Bonchev–Trinajstić information content (AvgIpc) is 2.12. The summed E-state index contributed by atoms with van der Waals surface area (Å²) >= 11 is 8.08. The van der Waals surface area contributed by atoms with E-state index in [-0.39, 0.29) is 0 Å². The molecule has 2 aromatic rings. The van der Waals surface area contributed by atoms with Crippen LogP contribution in [0.5, 0.6) is 0 Å². The van der Waals surface area contributed by atoms with Gasteiger partial charge >= 0.3 is 0 Å². The Balaban J connectivity index is 2.91. The number of nitrogens with zero attached hydrogens (tertiary/aromatic N) is 2. The van der Waals surface area contributed by atoms with Gasteiger partial charge in [-0.2, -0.15) is 0 Å². The van der Waals surface area contributed by atoms with Crippen LogP contribution in [0.3, 0.4) is 0 Å². The summed E-state index contributed by atoms with van der Waals surface area (Å²) in [5.74, 6) is 0. The van der Waals surface area contributed by atoms with Crippen LogP contribution in [0.25, 0.3) is 10.9 Å². The van der Waals surface area contributed by atoms with E-state index in [9.17, 15) is 0 Å². The minimum Gasteiger partial charge on any atom is -0.149 e. The van der Waals surface area contributed by atoms with Gasteiger partial charge in [0, 0.05) is 5.39 Å². The van der Waals surface area contributed by atoms with Gasteiger partial charge in [-0.1, -0.05) is 29.8 Å². The Morgan fingerprint density at radius 3 is 2.75 bits per heavy atom. The number of rotatable bonds is 0. The zero-order chi connectivity index (χ0) is 8.55. The van der Waals surface area contributed by atoms with Gasteiger partial charge < -0.3 is 0 Å². The lowest BCUT2D eigenvalue weighted by Gasteiger charge is -1.98. The van der Waals surface area contributed by atoms with Gasteiger partial charge in [0.25, 0.3) is 0 Å². The van der Waals surface area contributed by atoms with Gasteiger partial charge in [0.1, 0.15) is 3.70 Å². The molecule has 1 aromatic carbocycles. The third kappa shape index (κ3) is 1.27. The number of hydrogen-bond donors (Lipinski definition) is 0. The van der Waals surface area contributed by atoms with Crippen molar-refractivity contribution >= 4 is 45.1 Å². The molecule has 1 heterocycles. The van der Waals surface area contributed by atoms with Gasteiger partial charge in [-0.3, -0.25) is 0 Å². The van der Waals surface area contributed by atoms with Crippen molar-refractivity contribution in [3.8, 4) is 0 Å². The molecule has 0 saturated heterocycles. The molecule has 0 amide bonds. The molecule has 0 fully saturated rings. The molecule has 2 rings (SSSR count). The highest BCUT2D eigenvalue weighted by Gasteiger charge is 2.03. The molecule has 0 aliphatic carbocycles. The van der Waals surface area contributed by atoms with Crippen LogP contribution < -0.4 is 0 Å². The van der Waals surface area contributed by atoms with Crippen molar-refractivity contribution in [1.82, 2.24) is 10.2 Å². The molecule has 1 aromatic heterocycles. The van der Waals surface area contributed by atoms with E-state index in [2.05, 4.69) is 32.8 Å². The monoisotopic (exact) mass is 290 g/mol. The quantitative estimate of drug-likeness (QED) is 0.697. The van der Waals surface area contributed by atoms with Gasteiger partial charge in [0.05, 0.1) is 10.5 Å². The second-order valence-electron chi connectivity index (χ2n) is 2.32. The average molecular weight is 290 g/mol. The lowest BCUT2D eigenvalue weighted by molar-refractivity contribution is 1.04. The van der Waals surface area contributed by atoms with Gasteiger partial charge in [0.15, 0.2) is 0 Å². The molecule has 0 aliphatic rings. The Bertz CT molecular complexity index is 430. The van der Waals surface area contributed by atoms with Crippen LogP contribution in [0.1, 0.15) is 0 Å². The molecule has 12 heavy (non-hydrogen) atoms. The molecule has 0 saturated carbocycles. The van der Waals surface area contributed by atoms with E-state index in [4.69, 9.17) is 11.6 Å². The smallest absolute Gasteiger partial charge is 0.143 e. The highest BCUT2D eigenvalue weighted by Crippen LogP contribution is 2.24. The Morgan fingerprint density at radius 1 is 1.17 bits per heavy atom. The van der Waals surface area contributed by atoms with Crippen molar-refractivity contribution in [1.29, 1.82) is 0 Å². The zero-order valence-corrected chi connectivity index (χ0v) is 8.87. The summed E-state index contributed by atoms with van der Waals surface area (Å²) in [5, 5.41) is 9.55. The lowest BCUT2D eigenvalue weighted by atomic mass is 10.2. The predicted octanol–water partition coefficient (Wildman–Crippen LogP) is 2.89. The highest BCUT2D eigenvalue weighted by atomic mass is 127. The molecule has 0 unspecified atom stereocenters. The topological polar surface area (TPSA) is 25.8 Å². The van der Waals surface area contributed by atoms with Crippen molar-refractivity contribution in [2.24, 2.45) is 0 Å². The normalized spacial score (nSPS) is 10.5. The summed E-state index contributed by atoms with van der Waals surface area (Å²) in [6, 6.07) is 7.69. The summed E-state index contributed by atoms with van der Waals surface area (Å²) in [4.78, 5) is 0. The van der Waals surface area contributed by atoms with E-state index < -0.39 is 0 Å². The summed E-state index contributed by atoms with van der Waals surface area (Å²) < 4.78 is 0.743. The molecule has 4 heteroatoms. The summed E-state index contributed by atoms with van der Waals surface area (Å²) in [6.45, 7) is 0. The number of benzene rings is 1. The molecular formula is C8H4ClIN2. The zero-order valence-electron chi connectivity index (χ0n) is 5.96. The van der Waals surface area contributed by atoms with Gasteiger partial charge in [-0.15, -0.1) is 10.2 Å². The van der Waals surface area contributed by atoms with Crippen LogP contribution in [-0.4, -0.2) is 10.2 Å². The van der Waals surface area contributed by atoms with Gasteiger partial charge in [-0.25, -0.2) is 0 Å². The number of aromatic nitrogens is 2. The third-order valence-electron chi connectivity index (χ3n) is 1.57. The van der Waals surface area contributed by atoms with Crippen LogP contribution in [-0.2, 0) is 0 Å². The fourth-order valence-corrected chi connectivity index (χ4v) is 1.60. The van der Waals surface area contributed by atoms with E-state index in [1.54, 1.807) is 0 Å². The minimum atomic E-state index is 0.682. The Labute approximate surface area is 88.1 Å². The van der Waals surface area contributed by atoms with Crippen LogP contribution in [0.15, 0.2) is 24.3 Å². The lowest BCUT2D eigenvalue weighted by Crippen LogP contribution is -1.88. The third-order valence-corrected chi connectivity index (χ3v) is 3.02. The first-order valence-electron chi connectivity index (χ1n) is 3.35. The van der Waals surface area contributed by atoms with E-state index in [0.717, 1.165) is 14.6 Å². The fraction of sp³-hybridized carbons (Fsp3) is 0. The fourth-order valence-electron chi connectivity index (χ4n) is 0.999. The van der Waals surface area contributed by atoms with Crippen LogP contribution in [0, 0.1) is 3.70 Å². The van der Waals surface area contributed by atoms with Crippen molar-refractivity contribution in [2.45, 2.75) is 0 Å². The molecule has 2 nitrogen and oxygen atoms in total. The largest absolute Gasteiger partial charge is 0.149 e. The molecule has 0 atom stereocenters. The minimum absolute atomic E-state index is 0.682. The molecule has 0 spiro atoms. The molecule has 60 valence electrons. The van der Waals surface area contributed by atoms with Gasteiger partial charge in [-0.05, 0) is 28.7 Å². The first-order valence-corrected chi connectivity index (χ1v) is 4.81. The number of fused-ring (bicyclic) bond motifs is 1. The maximum absolute atomic E-state index is 6.02. The first-order chi connectivity index (χ1) is 5.79. The van der Waals surface area contributed by atoms with Crippen molar-refractivity contribution in [3.05, 3.63) is 33.0 Å². The van der Waals surface area contributed by atoms with E-state index >= 15 is 0 Å². The Morgan fingerprint density at radius 2 is 1.92 bits per heavy atom. The summed E-state index contributed by atoms with van der Waals surface area (Å²) in [7, 11) is 0. The second kappa shape index (κ2) is 3.14. The molecule has 0 radical (unpaired) electrons. The highest BCUT2D eigenvalue weighted by molar-refractivity contribution is 14.1. The van der Waals surface area contributed by atoms with E-state index in [0.29, 0.717) is 5.02 Å². The number of halogens is 2. The first kappa shape index (κ1) is 8.19. The standard InChI is InChI=1S/C8H4ClIN2/c9-7-5-3-1-2-4-6(5)11-12-8(7)10/h1-4H. The van der Waals surface area contributed by atoms with Crippen molar-refractivity contribution < 1.29 is 0 Å². The number of hydrogen-bond acceptors (Lipinski definition) is 2. The van der Waals surface area contributed by atoms with Gasteiger partial charge in [0.2, 0.25) is 0 Å². The summed E-state index contributed by atoms with van der Waals surface area (Å²) in [5.41, 5.74) is 0.836. The van der Waals surface area contributed by atoms with E-state index in [1.165, 1.54) is 0 Å². The molecule has 0 bridgehead atoms. The van der Waals surface area contributed by atoms with Crippen LogP contribution in [0.2, 0.25) is 5.02 Å². The van der Waals surface area contributed by atoms with Crippen molar-refractivity contribution in [3.63, 3.8) is 0 Å². The Hall–Kier alpha value is -0.420. The summed E-state index contributed by atoms with van der Waals surface area (Å²) in [6.07, 6.45) is 0.